The Morgan fingerprint density at radius 2 is 1.68 bits per heavy atom. The summed E-state index contributed by atoms with van der Waals surface area (Å²) in [6.07, 6.45) is -4.55. The maximum Gasteiger partial charge on any atom is 0.434 e. The number of halogens is 4. The first kappa shape index (κ1) is 17.6. The summed E-state index contributed by atoms with van der Waals surface area (Å²) in [5.74, 6) is 0.655. The van der Waals surface area contributed by atoms with Crippen molar-refractivity contribution in [2.45, 2.75) is 6.18 Å². The van der Waals surface area contributed by atoms with Crippen molar-refractivity contribution in [1.82, 2.24) is 4.98 Å². The molecular weight excluding hydrogens is 373 g/mol. The van der Waals surface area contributed by atoms with E-state index in [0.29, 0.717) is 22.0 Å². The number of benzene rings is 2. The smallest absolute Gasteiger partial charge is 0.434 e. The third kappa shape index (κ3) is 4.05. The highest BCUT2D eigenvalue weighted by Crippen LogP contribution is 2.42. The lowest BCUT2D eigenvalue weighted by molar-refractivity contribution is -0.140. The lowest BCUT2D eigenvalue weighted by Crippen LogP contribution is -2.07. The monoisotopic (exact) mass is 384 g/mol. The number of anilines is 2. The molecule has 130 valence electrons. The average Bonchev–Trinajstić information content (AvgIpc) is 3.00. The van der Waals surface area contributed by atoms with Gasteiger partial charge in [0.25, 0.3) is 0 Å². The Kier molecular flexibility index (Phi) is 4.87. The van der Waals surface area contributed by atoms with Gasteiger partial charge in [0, 0.05) is 10.7 Å². The summed E-state index contributed by atoms with van der Waals surface area (Å²) >= 11 is 6.74. The molecule has 0 spiro atoms. The van der Waals surface area contributed by atoms with Crippen LogP contribution in [-0.4, -0.2) is 12.1 Å². The number of rotatable bonds is 4. The number of thiazole rings is 1. The molecule has 0 saturated heterocycles. The van der Waals surface area contributed by atoms with E-state index in [9.17, 15) is 13.2 Å². The average molecular weight is 385 g/mol. The molecule has 3 aromatic rings. The van der Waals surface area contributed by atoms with Gasteiger partial charge in [-0.25, -0.2) is 4.98 Å². The number of alkyl halides is 3. The number of hydrogen-bond donors (Lipinski definition) is 1. The predicted molar refractivity (Wildman–Crippen MR) is 93.8 cm³/mol. The fraction of sp³-hybridized carbons (Fsp3) is 0.118. The van der Waals surface area contributed by atoms with E-state index >= 15 is 0 Å². The van der Waals surface area contributed by atoms with Gasteiger partial charge in [0.05, 0.1) is 12.0 Å². The lowest BCUT2D eigenvalue weighted by Gasteiger charge is -2.06. The molecule has 0 fully saturated rings. The van der Waals surface area contributed by atoms with Crippen LogP contribution in [0.3, 0.4) is 0 Å². The molecule has 0 radical (unpaired) electrons. The number of ether oxygens (including phenoxy) is 1. The zero-order chi connectivity index (χ0) is 18.0. The van der Waals surface area contributed by atoms with Gasteiger partial charge >= 0.3 is 6.18 Å². The van der Waals surface area contributed by atoms with Gasteiger partial charge in [0.15, 0.2) is 10.8 Å². The summed E-state index contributed by atoms with van der Waals surface area (Å²) in [5, 5.41) is 3.51. The van der Waals surface area contributed by atoms with Crippen molar-refractivity contribution in [1.29, 1.82) is 0 Å². The van der Waals surface area contributed by atoms with Crippen molar-refractivity contribution in [2.75, 3.05) is 12.4 Å². The first-order valence-electron chi connectivity index (χ1n) is 7.12. The molecular formula is C17H12ClF3N2OS. The minimum absolute atomic E-state index is 0.0418. The van der Waals surface area contributed by atoms with Crippen molar-refractivity contribution in [3.05, 3.63) is 59.2 Å². The van der Waals surface area contributed by atoms with Crippen molar-refractivity contribution in [3.63, 3.8) is 0 Å². The van der Waals surface area contributed by atoms with Crippen LogP contribution in [0.25, 0.3) is 10.4 Å². The number of aromatic nitrogens is 1. The zero-order valence-corrected chi connectivity index (χ0v) is 14.5. The molecule has 3 nitrogen and oxygen atoms in total. The summed E-state index contributed by atoms with van der Waals surface area (Å²) in [4.78, 5) is 3.78. The molecule has 0 bridgehead atoms. The Morgan fingerprint density at radius 3 is 2.24 bits per heavy atom. The van der Waals surface area contributed by atoms with E-state index in [1.807, 2.05) is 0 Å². The van der Waals surface area contributed by atoms with Crippen LogP contribution in [0.4, 0.5) is 24.0 Å². The van der Waals surface area contributed by atoms with Crippen LogP contribution in [0.15, 0.2) is 48.5 Å². The summed E-state index contributed by atoms with van der Waals surface area (Å²) < 4.78 is 45.1. The van der Waals surface area contributed by atoms with E-state index in [1.54, 1.807) is 48.5 Å². The quantitative estimate of drug-likeness (QED) is 0.578. The highest BCUT2D eigenvalue weighted by atomic mass is 35.5. The van der Waals surface area contributed by atoms with Gasteiger partial charge in [0.1, 0.15) is 5.75 Å². The van der Waals surface area contributed by atoms with Gasteiger partial charge < -0.3 is 10.1 Å². The van der Waals surface area contributed by atoms with Gasteiger partial charge in [-0.2, -0.15) is 13.2 Å². The van der Waals surface area contributed by atoms with Crippen LogP contribution in [0.5, 0.6) is 5.75 Å². The van der Waals surface area contributed by atoms with Crippen LogP contribution < -0.4 is 10.1 Å². The van der Waals surface area contributed by atoms with Crippen LogP contribution in [0, 0.1) is 0 Å². The molecule has 0 aliphatic carbocycles. The molecule has 8 heteroatoms. The maximum absolute atomic E-state index is 13.3. The third-order valence-corrected chi connectivity index (χ3v) is 4.62. The highest BCUT2D eigenvalue weighted by molar-refractivity contribution is 7.19. The van der Waals surface area contributed by atoms with E-state index in [4.69, 9.17) is 16.3 Å². The summed E-state index contributed by atoms with van der Waals surface area (Å²) in [6, 6.07) is 13.0. The first-order chi connectivity index (χ1) is 11.9. The normalized spacial score (nSPS) is 11.4. The van der Waals surface area contributed by atoms with Gasteiger partial charge in [-0.15, -0.1) is 0 Å². The van der Waals surface area contributed by atoms with Crippen molar-refractivity contribution in [2.24, 2.45) is 0 Å². The lowest BCUT2D eigenvalue weighted by atomic mass is 10.1. The fourth-order valence-electron chi connectivity index (χ4n) is 2.16. The minimum Gasteiger partial charge on any atom is -0.497 e. The number of nitrogens with zero attached hydrogens (tertiary/aromatic N) is 1. The third-order valence-electron chi connectivity index (χ3n) is 3.34. The predicted octanol–water partition coefficient (Wildman–Crippen LogP) is 6.23. The Labute approximate surface area is 151 Å². The van der Waals surface area contributed by atoms with E-state index in [1.165, 1.54) is 7.11 Å². The zero-order valence-electron chi connectivity index (χ0n) is 12.9. The molecule has 1 aromatic heterocycles. The maximum atomic E-state index is 13.3. The van der Waals surface area contributed by atoms with E-state index in [2.05, 4.69) is 10.3 Å². The van der Waals surface area contributed by atoms with Crippen LogP contribution in [-0.2, 0) is 6.18 Å². The molecule has 25 heavy (non-hydrogen) atoms. The number of nitrogens with one attached hydrogen (secondary N) is 1. The van der Waals surface area contributed by atoms with Crippen molar-refractivity contribution >= 4 is 33.8 Å². The summed E-state index contributed by atoms with van der Waals surface area (Å²) in [5.41, 5.74) is 0.110. The van der Waals surface area contributed by atoms with Gasteiger partial charge in [0.2, 0.25) is 0 Å². The second kappa shape index (κ2) is 6.93. The van der Waals surface area contributed by atoms with E-state index in [0.717, 1.165) is 11.3 Å². The Hall–Kier alpha value is -2.25. The number of methoxy groups -OCH3 is 1. The molecule has 1 N–H and O–H groups in total. The van der Waals surface area contributed by atoms with Gasteiger partial charge in [-0.1, -0.05) is 35.1 Å². The van der Waals surface area contributed by atoms with Crippen molar-refractivity contribution < 1.29 is 17.9 Å². The molecule has 2 aromatic carbocycles. The largest absolute Gasteiger partial charge is 0.497 e. The minimum atomic E-state index is -4.55. The second-order valence-electron chi connectivity index (χ2n) is 5.05. The topological polar surface area (TPSA) is 34.1 Å². The van der Waals surface area contributed by atoms with Crippen LogP contribution >= 0.6 is 22.9 Å². The molecule has 3 rings (SSSR count). The van der Waals surface area contributed by atoms with Crippen LogP contribution in [0.1, 0.15) is 5.69 Å². The molecule has 0 saturated carbocycles. The molecule has 0 unspecified atom stereocenters. The Morgan fingerprint density at radius 1 is 1.04 bits per heavy atom. The molecule has 0 amide bonds. The van der Waals surface area contributed by atoms with E-state index < -0.39 is 11.9 Å². The molecule has 0 atom stereocenters. The Bertz CT molecular complexity index is 861. The molecule has 0 aliphatic rings. The number of hydrogen-bond acceptors (Lipinski definition) is 4. The first-order valence-corrected chi connectivity index (χ1v) is 8.31. The van der Waals surface area contributed by atoms with Gasteiger partial charge in [-0.05, 0) is 42.0 Å². The SMILES string of the molecule is COc1ccc(Nc2nc(C(F)(F)F)c(-c3ccc(Cl)cc3)s2)cc1. The van der Waals surface area contributed by atoms with Crippen LogP contribution in [0.2, 0.25) is 5.02 Å². The highest BCUT2D eigenvalue weighted by Gasteiger charge is 2.38. The molecule has 0 aliphatic heterocycles. The standard InChI is InChI=1S/C17H12ClF3N2OS/c1-24-13-8-6-12(7-9-13)22-16-23-15(17(19,20)21)14(25-16)10-2-4-11(18)5-3-10/h2-9H,1H3,(H,22,23). The van der Waals surface area contributed by atoms with Gasteiger partial charge in [-0.3, -0.25) is 0 Å². The summed E-state index contributed by atoms with van der Waals surface area (Å²) in [6.45, 7) is 0. The molecule has 1 heterocycles. The fourth-order valence-corrected chi connectivity index (χ4v) is 3.30. The summed E-state index contributed by atoms with van der Waals surface area (Å²) in [7, 11) is 1.54. The Balaban J connectivity index is 1.96. The second-order valence-corrected chi connectivity index (χ2v) is 6.49. The van der Waals surface area contributed by atoms with Crippen molar-refractivity contribution in [3.8, 4) is 16.2 Å². The van der Waals surface area contributed by atoms with E-state index in [-0.39, 0.29) is 10.0 Å².